The number of fused-ring (bicyclic) bond motifs is 1. The van der Waals surface area contributed by atoms with Crippen LogP contribution >= 0.6 is 0 Å². The van der Waals surface area contributed by atoms with Crippen molar-refractivity contribution in [3.05, 3.63) is 53.9 Å². The van der Waals surface area contributed by atoms with Crippen LogP contribution in [0.2, 0.25) is 0 Å². The first-order valence-corrected chi connectivity index (χ1v) is 7.85. The molecule has 7 heteroatoms. The summed E-state index contributed by atoms with van der Waals surface area (Å²) in [4.78, 5) is 4.31. The van der Waals surface area contributed by atoms with Gasteiger partial charge in [0.15, 0.2) is 0 Å². The molecule has 0 aliphatic rings. The van der Waals surface area contributed by atoms with Crippen LogP contribution in [0.1, 0.15) is 17.5 Å². The quantitative estimate of drug-likeness (QED) is 0.548. The summed E-state index contributed by atoms with van der Waals surface area (Å²) in [5.74, 6) is 0.217. The van der Waals surface area contributed by atoms with Crippen molar-refractivity contribution < 1.29 is 17.9 Å². The van der Waals surface area contributed by atoms with Crippen LogP contribution in [-0.2, 0) is 12.7 Å². The number of benzene rings is 2. The highest BCUT2D eigenvalue weighted by atomic mass is 19.4. The molecule has 0 saturated heterocycles. The summed E-state index contributed by atoms with van der Waals surface area (Å²) in [7, 11) is 0. The van der Waals surface area contributed by atoms with E-state index < -0.39 is 11.7 Å². The lowest BCUT2D eigenvalue weighted by Crippen LogP contribution is -2.07. The van der Waals surface area contributed by atoms with E-state index in [9.17, 15) is 13.2 Å². The number of nitrogen functional groups attached to an aromatic ring is 1. The van der Waals surface area contributed by atoms with E-state index in [2.05, 4.69) is 4.98 Å². The molecule has 0 saturated carbocycles. The van der Waals surface area contributed by atoms with E-state index >= 15 is 0 Å². The molecule has 1 aromatic heterocycles. The third-order valence-electron chi connectivity index (χ3n) is 3.98. The van der Waals surface area contributed by atoms with E-state index in [0.717, 1.165) is 28.7 Å². The van der Waals surface area contributed by atoms with Crippen molar-refractivity contribution in [2.75, 3.05) is 12.3 Å². The Morgan fingerprint density at radius 1 is 1.20 bits per heavy atom. The van der Waals surface area contributed by atoms with Crippen LogP contribution in [0.5, 0.6) is 5.75 Å². The van der Waals surface area contributed by atoms with Gasteiger partial charge in [0.2, 0.25) is 0 Å². The van der Waals surface area contributed by atoms with Gasteiger partial charge in [0, 0.05) is 12.2 Å². The Morgan fingerprint density at radius 2 is 2.00 bits per heavy atom. The number of hydrogen-bond acceptors (Lipinski definition) is 3. The second-order valence-electron chi connectivity index (χ2n) is 5.86. The zero-order valence-corrected chi connectivity index (χ0v) is 13.7. The summed E-state index contributed by atoms with van der Waals surface area (Å²) >= 11 is 0. The highest BCUT2D eigenvalue weighted by Crippen LogP contribution is 2.31. The second kappa shape index (κ2) is 6.66. The van der Waals surface area contributed by atoms with Crippen molar-refractivity contribution in [1.29, 1.82) is 0 Å². The predicted molar refractivity (Wildman–Crippen MR) is 90.4 cm³/mol. The van der Waals surface area contributed by atoms with Gasteiger partial charge in [-0.05, 0) is 49.2 Å². The molecule has 4 nitrogen and oxygen atoms in total. The number of anilines is 1. The Hall–Kier alpha value is -2.70. The van der Waals surface area contributed by atoms with Gasteiger partial charge in [0.05, 0.1) is 29.5 Å². The maximum atomic E-state index is 12.7. The highest BCUT2D eigenvalue weighted by molar-refractivity contribution is 5.80. The molecule has 0 aliphatic carbocycles. The van der Waals surface area contributed by atoms with E-state index in [-0.39, 0.29) is 5.75 Å². The number of nitrogens with zero attached hydrogens (tertiary/aromatic N) is 2. The monoisotopic (exact) mass is 349 g/mol. The largest absolute Gasteiger partial charge is 0.494 e. The smallest absolute Gasteiger partial charge is 0.416 e. The lowest BCUT2D eigenvalue weighted by Gasteiger charge is -2.11. The Morgan fingerprint density at radius 3 is 2.76 bits per heavy atom. The lowest BCUT2D eigenvalue weighted by molar-refractivity contribution is -0.137. The van der Waals surface area contributed by atoms with Gasteiger partial charge < -0.3 is 15.0 Å². The first-order chi connectivity index (χ1) is 11.8. The van der Waals surface area contributed by atoms with E-state index in [1.54, 1.807) is 6.33 Å². The van der Waals surface area contributed by atoms with Gasteiger partial charge in [-0.1, -0.05) is 6.07 Å². The first-order valence-electron chi connectivity index (χ1n) is 7.85. The summed E-state index contributed by atoms with van der Waals surface area (Å²) in [6, 6.07) is 8.71. The summed E-state index contributed by atoms with van der Waals surface area (Å²) < 4.78 is 45.5. The molecule has 0 amide bonds. The van der Waals surface area contributed by atoms with Crippen molar-refractivity contribution in [2.24, 2.45) is 0 Å². The number of aromatic nitrogens is 2. The van der Waals surface area contributed by atoms with E-state index in [1.807, 2.05) is 23.6 Å². The number of nitrogens with two attached hydrogens (primary N) is 1. The van der Waals surface area contributed by atoms with Crippen LogP contribution in [0.25, 0.3) is 11.0 Å². The Labute approximate surface area is 143 Å². The normalized spacial score (nSPS) is 11.8. The lowest BCUT2D eigenvalue weighted by atomic mass is 10.2. The van der Waals surface area contributed by atoms with Gasteiger partial charge in [-0.3, -0.25) is 0 Å². The zero-order valence-electron chi connectivity index (χ0n) is 13.7. The van der Waals surface area contributed by atoms with Crippen molar-refractivity contribution in [2.45, 2.75) is 26.1 Å². The van der Waals surface area contributed by atoms with Crippen molar-refractivity contribution in [1.82, 2.24) is 9.55 Å². The molecule has 0 aliphatic heterocycles. The van der Waals surface area contributed by atoms with E-state index in [0.29, 0.717) is 25.3 Å². The average Bonchev–Trinajstić information content (AvgIpc) is 2.93. The Bertz CT molecular complexity index is 887. The van der Waals surface area contributed by atoms with Crippen molar-refractivity contribution >= 4 is 16.7 Å². The minimum absolute atomic E-state index is 0.217. The zero-order chi connectivity index (χ0) is 18.0. The van der Waals surface area contributed by atoms with Crippen LogP contribution < -0.4 is 10.5 Å². The standard InChI is InChI=1S/C18H18F3N3O/c1-12-8-17-16(10-15(12)22)23-11-24(17)6-3-7-25-14-5-2-4-13(9-14)18(19,20)21/h2,4-5,8-11H,3,6-7,22H2,1H3. The third-order valence-corrected chi connectivity index (χ3v) is 3.98. The maximum Gasteiger partial charge on any atom is 0.416 e. The fourth-order valence-electron chi connectivity index (χ4n) is 2.59. The first kappa shape index (κ1) is 17.1. The molecule has 1 heterocycles. The van der Waals surface area contributed by atoms with Gasteiger partial charge in [-0.2, -0.15) is 13.2 Å². The Balaban J connectivity index is 1.60. The number of alkyl halides is 3. The number of halogens is 3. The number of imidazole rings is 1. The highest BCUT2D eigenvalue weighted by Gasteiger charge is 2.30. The van der Waals surface area contributed by atoms with Crippen LogP contribution in [-0.4, -0.2) is 16.2 Å². The summed E-state index contributed by atoms with van der Waals surface area (Å²) in [6.07, 6.45) is -1.99. The predicted octanol–water partition coefficient (Wildman–Crippen LogP) is 4.41. The van der Waals surface area contributed by atoms with Gasteiger partial charge in [-0.25, -0.2) is 4.98 Å². The molecular weight excluding hydrogens is 331 g/mol. The van der Waals surface area contributed by atoms with Gasteiger partial charge in [0.25, 0.3) is 0 Å². The molecule has 3 aromatic rings. The molecule has 0 bridgehead atoms. The van der Waals surface area contributed by atoms with Crippen molar-refractivity contribution in [3.8, 4) is 5.75 Å². The molecule has 0 radical (unpaired) electrons. The summed E-state index contributed by atoms with van der Waals surface area (Å²) in [5, 5.41) is 0. The minimum atomic E-state index is -4.37. The van der Waals surface area contributed by atoms with Crippen LogP contribution in [0.15, 0.2) is 42.7 Å². The number of aryl methyl sites for hydroxylation is 2. The third kappa shape index (κ3) is 3.87. The molecule has 0 spiro atoms. The molecule has 3 rings (SSSR count). The molecule has 2 N–H and O–H groups in total. The molecule has 0 atom stereocenters. The summed E-state index contributed by atoms with van der Waals surface area (Å²) in [5.41, 5.74) is 8.64. The number of rotatable bonds is 5. The van der Waals surface area contributed by atoms with Crippen LogP contribution in [0.3, 0.4) is 0 Å². The average molecular weight is 349 g/mol. The minimum Gasteiger partial charge on any atom is -0.494 e. The number of hydrogen-bond donors (Lipinski definition) is 1. The fourth-order valence-corrected chi connectivity index (χ4v) is 2.59. The van der Waals surface area contributed by atoms with Crippen LogP contribution in [0.4, 0.5) is 18.9 Å². The molecule has 2 aromatic carbocycles. The van der Waals surface area contributed by atoms with Crippen LogP contribution in [0, 0.1) is 6.92 Å². The SMILES string of the molecule is Cc1cc2c(cc1N)ncn2CCCOc1cccc(C(F)(F)F)c1. The van der Waals surface area contributed by atoms with Gasteiger partial charge in [-0.15, -0.1) is 0 Å². The van der Waals surface area contributed by atoms with E-state index in [4.69, 9.17) is 10.5 Å². The summed E-state index contributed by atoms with van der Waals surface area (Å²) in [6.45, 7) is 2.90. The second-order valence-corrected chi connectivity index (χ2v) is 5.86. The molecule has 0 fully saturated rings. The molecular formula is C18H18F3N3O. The fraction of sp³-hybridized carbons (Fsp3) is 0.278. The van der Waals surface area contributed by atoms with E-state index in [1.165, 1.54) is 12.1 Å². The molecule has 0 unspecified atom stereocenters. The van der Waals surface area contributed by atoms with Crippen molar-refractivity contribution in [3.63, 3.8) is 0 Å². The maximum absolute atomic E-state index is 12.7. The molecule has 132 valence electrons. The Kier molecular flexibility index (Phi) is 4.57. The van der Waals surface area contributed by atoms with Gasteiger partial charge in [0.1, 0.15) is 5.75 Å². The molecule has 25 heavy (non-hydrogen) atoms. The topological polar surface area (TPSA) is 53.1 Å². The van der Waals surface area contributed by atoms with Gasteiger partial charge >= 0.3 is 6.18 Å². The number of ether oxygens (including phenoxy) is 1.